The number of nitrogens with zero attached hydrogens (tertiary/aromatic N) is 3. The van der Waals surface area contributed by atoms with E-state index in [1.54, 1.807) is 0 Å². The van der Waals surface area contributed by atoms with E-state index in [2.05, 4.69) is 28.8 Å². The highest BCUT2D eigenvalue weighted by atomic mass is 32.1. The van der Waals surface area contributed by atoms with Crippen molar-refractivity contribution in [2.75, 3.05) is 26.7 Å². The van der Waals surface area contributed by atoms with Crippen molar-refractivity contribution in [1.82, 2.24) is 8.75 Å². The first-order valence-electron chi connectivity index (χ1n) is 10.7. The number of hydrogen-bond acceptors (Lipinski definition) is 7. The van der Waals surface area contributed by atoms with E-state index in [9.17, 15) is 4.79 Å². The van der Waals surface area contributed by atoms with Gasteiger partial charge in [-0.1, -0.05) is 46.1 Å². The minimum atomic E-state index is -0.598. The maximum Gasteiger partial charge on any atom is 0.327 e. The fraction of sp³-hybridized carbons (Fsp3) is 0.762. The van der Waals surface area contributed by atoms with Crippen molar-refractivity contribution in [1.29, 1.82) is 0 Å². The summed E-state index contributed by atoms with van der Waals surface area (Å²) in [5.74, 6) is 0.335. The van der Waals surface area contributed by atoms with Crippen LogP contribution in [0.3, 0.4) is 0 Å². The molecule has 7 nitrogen and oxygen atoms in total. The Morgan fingerprint density at radius 3 is 2.72 bits per heavy atom. The number of unbranched alkanes of at least 4 members (excludes halogenated alkanes) is 3. The summed E-state index contributed by atoms with van der Waals surface area (Å²) in [5, 5.41) is 0. The summed E-state index contributed by atoms with van der Waals surface area (Å²) in [4.78, 5) is 12.3. The third kappa shape index (κ3) is 6.49. The average molecular weight is 426 g/mol. The zero-order chi connectivity index (χ0) is 21.4. The van der Waals surface area contributed by atoms with Crippen LogP contribution in [0.15, 0.2) is 6.08 Å². The van der Waals surface area contributed by atoms with E-state index < -0.39 is 6.04 Å². The molecule has 0 saturated carbocycles. The molecule has 164 valence electrons. The Bertz CT molecular complexity index is 691. The van der Waals surface area contributed by atoms with Crippen LogP contribution < -0.4 is 10.5 Å². The van der Waals surface area contributed by atoms with Gasteiger partial charge in [-0.05, 0) is 12.3 Å². The summed E-state index contributed by atoms with van der Waals surface area (Å²) >= 11 is 1.18. The summed E-state index contributed by atoms with van der Waals surface area (Å²) in [6.45, 7) is 10.3. The van der Waals surface area contributed by atoms with Crippen molar-refractivity contribution in [2.45, 2.75) is 72.1 Å². The van der Waals surface area contributed by atoms with Crippen molar-refractivity contribution < 1.29 is 18.8 Å². The highest BCUT2D eigenvalue weighted by Crippen LogP contribution is 2.31. The molecule has 0 saturated heterocycles. The Kier molecular flexibility index (Phi) is 9.04. The fourth-order valence-corrected chi connectivity index (χ4v) is 3.89. The van der Waals surface area contributed by atoms with Crippen LogP contribution in [0.1, 0.15) is 65.5 Å². The van der Waals surface area contributed by atoms with Crippen LogP contribution in [0.2, 0.25) is 0 Å². The number of hydrogen-bond donors (Lipinski definition) is 1. The van der Waals surface area contributed by atoms with Gasteiger partial charge in [0.05, 0.1) is 31.9 Å². The standard InChI is InChI=1S/C21H37N4O3S/c1-6-7-8-9-13-27-20-19(23-29-24-20)17-11-10-12-25(5,14-17)16(4)28-21(26)18(22)15(2)3/h11,15-16,18H,6-10,12-14,22H2,1-5H3/q+1/t16-,18-,25?/m0/s1. The highest BCUT2D eigenvalue weighted by molar-refractivity contribution is 6.99. The Hall–Kier alpha value is -1.51. The molecule has 29 heavy (non-hydrogen) atoms. The lowest BCUT2D eigenvalue weighted by Gasteiger charge is -2.41. The number of rotatable bonds is 11. The van der Waals surface area contributed by atoms with Gasteiger partial charge in [-0.15, -0.1) is 4.37 Å². The summed E-state index contributed by atoms with van der Waals surface area (Å²) in [7, 11) is 2.11. The highest BCUT2D eigenvalue weighted by Gasteiger charge is 2.37. The van der Waals surface area contributed by atoms with E-state index >= 15 is 0 Å². The van der Waals surface area contributed by atoms with Crippen molar-refractivity contribution in [3.05, 3.63) is 11.8 Å². The normalized spacial score (nSPS) is 21.6. The lowest BCUT2D eigenvalue weighted by Crippen LogP contribution is -2.56. The fourth-order valence-electron chi connectivity index (χ4n) is 3.36. The van der Waals surface area contributed by atoms with Crippen LogP contribution in [0.5, 0.6) is 5.88 Å². The Labute approximate surface area is 179 Å². The average Bonchev–Trinajstić information content (AvgIpc) is 3.15. The predicted molar refractivity (Wildman–Crippen MR) is 116 cm³/mol. The number of carbonyl (C=O) groups excluding carboxylic acids is 1. The van der Waals surface area contributed by atoms with Gasteiger partial charge in [-0.3, -0.25) is 9.28 Å². The molecule has 1 aliphatic heterocycles. The van der Waals surface area contributed by atoms with Gasteiger partial charge in [0.15, 0.2) is 0 Å². The number of likely N-dealkylation sites (N-methyl/N-ethyl adjacent to an activating group) is 1. The van der Waals surface area contributed by atoms with E-state index in [1.807, 2.05) is 20.8 Å². The largest absolute Gasteiger partial charge is 0.475 e. The van der Waals surface area contributed by atoms with E-state index in [0.717, 1.165) is 30.7 Å². The van der Waals surface area contributed by atoms with Crippen LogP contribution in [0.25, 0.3) is 5.57 Å². The topological polar surface area (TPSA) is 87.3 Å². The van der Waals surface area contributed by atoms with E-state index in [0.29, 0.717) is 23.5 Å². The number of carbonyl (C=O) groups is 1. The molecule has 0 radical (unpaired) electrons. The van der Waals surface area contributed by atoms with Crippen LogP contribution in [-0.2, 0) is 9.53 Å². The number of quaternary nitrogens is 1. The van der Waals surface area contributed by atoms with Gasteiger partial charge in [0, 0.05) is 18.9 Å². The molecule has 8 heteroatoms. The molecular formula is C21H37N4O3S+. The molecule has 2 N–H and O–H groups in total. The minimum Gasteiger partial charge on any atom is -0.475 e. The molecule has 1 aromatic rings. The molecule has 2 rings (SSSR count). The minimum absolute atomic E-state index is 0.0509. The monoisotopic (exact) mass is 425 g/mol. The number of aromatic nitrogens is 2. The van der Waals surface area contributed by atoms with E-state index in [-0.39, 0.29) is 18.1 Å². The van der Waals surface area contributed by atoms with E-state index in [1.165, 1.54) is 31.0 Å². The van der Waals surface area contributed by atoms with Crippen molar-refractivity contribution >= 4 is 23.3 Å². The lowest BCUT2D eigenvalue weighted by atomic mass is 10.0. The summed E-state index contributed by atoms with van der Waals surface area (Å²) in [6, 6.07) is -0.598. The van der Waals surface area contributed by atoms with Gasteiger partial charge in [0.1, 0.15) is 18.3 Å². The van der Waals surface area contributed by atoms with Gasteiger partial charge in [-0.2, -0.15) is 4.37 Å². The molecule has 0 bridgehead atoms. The van der Waals surface area contributed by atoms with Gasteiger partial charge >= 0.3 is 5.97 Å². The lowest BCUT2D eigenvalue weighted by molar-refractivity contribution is -0.944. The summed E-state index contributed by atoms with van der Waals surface area (Å²) < 4.78 is 21.1. The molecule has 0 fully saturated rings. The zero-order valence-electron chi connectivity index (χ0n) is 18.5. The first kappa shape index (κ1) is 23.8. The second kappa shape index (κ2) is 11.0. The second-order valence-electron chi connectivity index (χ2n) is 8.51. The molecule has 1 aliphatic rings. The predicted octanol–water partition coefficient (Wildman–Crippen LogP) is 3.60. The molecule has 2 heterocycles. The molecule has 0 amide bonds. The van der Waals surface area contributed by atoms with Crippen LogP contribution in [-0.4, -0.2) is 58.2 Å². The van der Waals surface area contributed by atoms with Crippen molar-refractivity contribution in [2.24, 2.45) is 11.7 Å². The number of ether oxygens (including phenoxy) is 2. The van der Waals surface area contributed by atoms with Gasteiger partial charge < -0.3 is 15.2 Å². The molecule has 1 aromatic heterocycles. The summed E-state index contributed by atoms with van der Waals surface area (Å²) in [6.07, 6.45) is 7.43. The van der Waals surface area contributed by atoms with Crippen molar-refractivity contribution in [3.8, 4) is 5.88 Å². The number of esters is 1. The first-order valence-corrected chi connectivity index (χ1v) is 11.5. The summed E-state index contributed by atoms with van der Waals surface area (Å²) in [5.41, 5.74) is 7.89. The quantitative estimate of drug-likeness (QED) is 0.331. The van der Waals surface area contributed by atoms with Gasteiger partial charge in [0.2, 0.25) is 6.23 Å². The molecule has 0 aromatic carbocycles. The number of nitrogens with two attached hydrogens (primary N) is 1. The Morgan fingerprint density at radius 1 is 1.28 bits per heavy atom. The van der Waals surface area contributed by atoms with E-state index in [4.69, 9.17) is 15.2 Å². The molecular weight excluding hydrogens is 388 g/mol. The molecule has 0 aliphatic carbocycles. The third-order valence-electron chi connectivity index (χ3n) is 5.72. The molecule has 3 atom stereocenters. The van der Waals surface area contributed by atoms with Gasteiger partial charge in [-0.25, -0.2) is 0 Å². The van der Waals surface area contributed by atoms with Crippen LogP contribution in [0.4, 0.5) is 0 Å². The van der Waals surface area contributed by atoms with Crippen molar-refractivity contribution in [3.63, 3.8) is 0 Å². The zero-order valence-corrected chi connectivity index (χ0v) is 19.3. The molecule has 1 unspecified atom stereocenters. The van der Waals surface area contributed by atoms with Crippen LogP contribution in [0, 0.1) is 5.92 Å². The van der Waals surface area contributed by atoms with Gasteiger partial charge in [0.25, 0.3) is 5.88 Å². The van der Waals surface area contributed by atoms with Crippen LogP contribution >= 0.6 is 11.7 Å². The SMILES string of the molecule is CCCCCCOc1nsnc1C1=CCC[N+](C)([C@H](C)OC(=O)[C@@H](N)C(C)C)C1. The molecule has 0 spiro atoms. The maximum absolute atomic E-state index is 12.3. The third-order valence-corrected chi connectivity index (χ3v) is 6.23. The second-order valence-corrected chi connectivity index (χ2v) is 9.04. The smallest absolute Gasteiger partial charge is 0.327 e. The first-order chi connectivity index (χ1) is 13.8. The Balaban J connectivity index is 2.00. The maximum atomic E-state index is 12.3. The Morgan fingerprint density at radius 2 is 2.03 bits per heavy atom.